The van der Waals surface area contributed by atoms with E-state index in [9.17, 15) is 9.59 Å². The quantitative estimate of drug-likeness (QED) is 0.494. The van der Waals surface area contributed by atoms with Gasteiger partial charge in [-0.15, -0.1) is 0 Å². The molecule has 1 atom stereocenters. The van der Waals surface area contributed by atoms with Crippen molar-refractivity contribution in [3.05, 3.63) is 65.2 Å². The predicted molar refractivity (Wildman–Crippen MR) is 143 cm³/mol. The molecule has 0 aromatic heterocycles. The number of nitrogens with one attached hydrogen (secondary N) is 2. The van der Waals surface area contributed by atoms with Crippen LogP contribution in [0.2, 0.25) is 0 Å². The summed E-state index contributed by atoms with van der Waals surface area (Å²) >= 11 is 0. The number of ether oxygens (including phenoxy) is 1. The fourth-order valence-corrected chi connectivity index (χ4v) is 6.10. The van der Waals surface area contributed by atoms with Crippen LogP contribution in [0, 0.1) is 5.92 Å². The number of carboxylic acids is 1. The van der Waals surface area contributed by atoms with Gasteiger partial charge in [0, 0.05) is 26.2 Å². The minimum absolute atomic E-state index is 0.0198. The van der Waals surface area contributed by atoms with Gasteiger partial charge < -0.3 is 20.5 Å². The third-order valence-electron chi connectivity index (χ3n) is 8.41. The molecular formula is C30H39N3O4. The van der Waals surface area contributed by atoms with Gasteiger partial charge in [0.1, 0.15) is 12.4 Å². The van der Waals surface area contributed by atoms with Crippen LogP contribution in [0.4, 0.5) is 0 Å². The third-order valence-corrected chi connectivity index (χ3v) is 8.41. The molecule has 1 unspecified atom stereocenters. The van der Waals surface area contributed by atoms with Gasteiger partial charge in [-0.1, -0.05) is 56.4 Å². The highest BCUT2D eigenvalue weighted by molar-refractivity contribution is 5.87. The average Bonchev–Trinajstić information content (AvgIpc) is 2.92. The maximum atomic E-state index is 12.9. The molecule has 7 nitrogen and oxygen atoms in total. The number of rotatable bonds is 8. The number of carbonyl (C=O) groups excluding carboxylic acids is 1. The number of amides is 1. The van der Waals surface area contributed by atoms with Gasteiger partial charge in [-0.05, 0) is 60.6 Å². The second-order valence-corrected chi connectivity index (χ2v) is 11.2. The van der Waals surface area contributed by atoms with Crippen LogP contribution in [0.1, 0.15) is 72.9 Å². The van der Waals surface area contributed by atoms with Crippen molar-refractivity contribution >= 4 is 11.9 Å². The second kappa shape index (κ2) is 11.7. The lowest BCUT2D eigenvalue weighted by Gasteiger charge is -2.47. The Morgan fingerprint density at radius 2 is 1.78 bits per heavy atom. The van der Waals surface area contributed by atoms with E-state index in [-0.39, 0.29) is 23.1 Å². The number of aromatic carboxylic acids is 1. The molecule has 198 valence electrons. The van der Waals surface area contributed by atoms with Crippen LogP contribution in [0.25, 0.3) is 0 Å². The normalized spacial score (nSPS) is 22.5. The first-order valence-corrected chi connectivity index (χ1v) is 13.8. The zero-order chi connectivity index (χ0) is 25.7. The van der Waals surface area contributed by atoms with E-state index >= 15 is 0 Å². The van der Waals surface area contributed by atoms with E-state index in [4.69, 9.17) is 9.84 Å². The van der Waals surface area contributed by atoms with Crippen LogP contribution in [-0.2, 0) is 17.9 Å². The van der Waals surface area contributed by atoms with Crippen LogP contribution in [0.15, 0.2) is 48.5 Å². The highest BCUT2D eigenvalue weighted by atomic mass is 16.5. The largest absolute Gasteiger partial charge is 0.489 e. The van der Waals surface area contributed by atoms with Crippen molar-refractivity contribution in [2.75, 3.05) is 19.6 Å². The number of piperazine rings is 1. The van der Waals surface area contributed by atoms with E-state index in [1.54, 1.807) is 18.2 Å². The SMILES string of the molecule is O=C(O)c1cccc(COc2ccc(CN3CCC4(CC3)CNC(CC3CCCCC3)C(=O)N4)cc2)c1. The van der Waals surface area contributed by atoms with Crippen LogP contribution in [0.3, 0.4) is 0 Å². The molecule has 0 bridgehead atoms. The Morgan fingerprint density at radius 3 is 2.49 bits per heavy atom. The van der Waals surface area contributed by atoms with E-state index in [0.717, 1.165) is 56.8 Å². The first-order chi connectivity index (χ1) is 18.0. The van der Waals surface area contributed by atoms with Gasteiger partial charge in [-0.3, -0.25) is 9.69 Å². The molecule has 3 N–H and O–H groups in total. The van der Waals surface area contributed by atoms with Crippen molar-refractivity contribution in [2.24, 2.45) is 5.92 Å². The summed E-state index contributed by atoms with van der Waals surface area (Å²) in [6, 6.07) is 14.9. The van der Waals surface area contributed by atoms with Crippen LogP contribution >= 0.6 is 0 Å². The summed E-state index contributed by atoms with van der Waals surface area (Å²) in [5.74, 6) is 0.736. The Hall–Kier alpha value is -2.90. The zero-order valence-corrected chi connectivity index (χ0v) is 21.6. The number of likely N-dealkylation sites (tertiary alicyclic amines) is 1. The molecule has 3 fully saturated rings. The molecule has 2 heterocycles. The molecule has 1 aliphatic carbocycles. The van der Waals surface area contributed by atoms with Crippen LogP contribution in [0.5, 0.6) is 5.75 Å². The maximum absolute atomic E-state index is 12.9. The number of carbonyl (C=O) groups is 2. The summed E-state index contributed by atoms with van der Waals surface area (Å²) in [5.41, 5.74) is 2.22. The lowest BCUT2D eigenvalue weighted by atomic mass is 9.81. The highest BCUT2D eigenvalue weighted by Crippen LogP contribution is 2.30. The molecule has 2 aromatic rings. The Bertz CT molecular complexity index is 1070. The summed E-state index contributed by atoms with van der Waals surface area (Å²) in [7, 11) is 0. The number of hydrogen-bond acceptors (Lipinski definition) is 5. The van der Waals surface area contributed by atoms with Gasteiger partial charge in [-0.25, -0.2) is 4.79 Å². The zero-order valence-electron chi connectivity index (χ0n) is 21.6. The number of nitrogens with zero attached hydrogens (tertiary/aromatic N) is 1. The number of piperidine rings is 1. The van der Waals surface area contributed by atoms with Crippen LogP contribution < -0.4 is 15.4 Å². The van der Waals surface area contributed by atoms with Gasteiger partial charge in [0.2, 0.25) is 5.91 Å². The first kappa shape index (κ1) is 25.7. The Morgan fingerprint density at radius 1 is 1.03 bits per heavy atom. The molecule has 2 aliphatic heterocycles. The molecular weight excluding hydrogens is 466 g/mol. The summed E-state index contributed by atoms with van der Waals surface area (Å²) < 4.78 is 5.86. The molecule has 3 aliphatic rings. The molecule has 1 amide bonds. The van der Waals surface area contributed by atoms with E-state index in [1.807, 2.05) is 18.2 Å². The fraction of sp³-hybridized carbons (Fsp3) is 0.533. The minimum Gasteiger partial charge on any atom is -0.489 e. The summed E-state index contributed by atoms with van der Waals surface area (Å²) in [6.07, 6.45) is 9.47. The van der Waals surface area contributed by atoms with Gasteiger partial charge in [0.25, 0.3) is 0 Å². The Labute approximate surface area is 219 Å². The molecule has 1 spiro atoms. The van der Waals surface area contributed by atoms with Crippen molar-refractivity contribution in [3.63, 3.8) is 0 Å². The van der Waals surface area contributed by atoms with Crippen molar-refractivity contribution in [1.29, 1.82) is 0 Å². The molecule has 5 rings (SSSR count). The van der Waals surface area contributed by atoms with Crippen LogP contribution in [-0.4, -0.2) is 53.1 Å². The molecule has 7 heteroatoms. The smallest absolute Gasteiger partial charge is 0.335 e. The first-order valence-electron chi connectivity index (χ1n) is 13.8. The minimum atomic E-state index is -0.934. The lowest BCUT2D eigenvalue weighted by molar-refractivity contribution is -0.129. The molecule has 2 aromatic carbocycles. The molecule has 2 saturated heterocycles. The third kappa shape index (κ3) is 6.70. The van der Waals surface area contributed by atoms with E-state index in [1.165, 1.54) is 37.7 Å². The molecule has 0 radical (unpaired) electrons. The highest BCUT2D eigenvalue weighted by Gasteiger charge is 2.41. The molecule has 37 heavy (non-hydrogen) atoms. The van der Waals surface area contributed by atoms with E-state index in [2.05, 4.69) is 27.7 Å². The number of carboxylic acid groups (broad SMARTS) is 1. The van der Waals surface area contributed by atoms with Gasteiger partial charge in [0.15, 0.2) is 0 Å². The van der Waals surface area contributed by atoms with Crippen molar-refractivity contribution < 1.29 is 19.4 Å². The van der Waals surface area contributed by atoms with Gasteiger partial charge in [0.05, 0.1) is 17.1 Å². The molecule has 1 saturated carbocycles. The monoisotopic (exact) mass is 505 g/mol. The summed E-state index contributed by atoms with van der Waals surface area (Å²) in [4.78, 5) is 26.5. The second-order valence-electron chi connectivity index (χ2n) is 11.2. The average molecular weight is 506 g/mol. The topological polar surface area (TPSA) is 90.9 Å². The lowest BCUT2D eigenvalue weighted by Crippen LogP contribution is -2.68. The Balaban J connectivity index is 1.06. The van der Waals surface area contributed by atoms with Crippen molar-refractivity contribution in [2.45, 2.75) is 76.1 Å². The van der Waals surface area contributed by atoms with E-state index < -0.39 is 5.97 Å². The number of benzene rings is 2. The summed E-state index contributed by atoms with van der Waals surface area (Å²) in [5, 5.41) is 16.2. The van der Waals surface area contributed by atoms with Crippen molar-refractivity contribution in [3.8, 4) is 5.75 Å². The summed E-state index contributed by atoms with van der Waals surface area (Å²) in [6.45, 7) is 4.02. The maximum Gasteiger partial charge on any atom is 0.335 e. The predicted octanol–water partition coefficient (Wildman–Crippen LogP) is 4.36. The van der Waals surface area contributed by atoms with Gasteiger partial charge >= 0.3 is 5.97 Å². The Kier molecular flexibility index (Phi) is 8.11. The van der Waals surface area contributed by atoms with E-state index in [0.29, 0.717) is 12.5 Å². The standard InChI is InChI=1S/C30H39N3O4/c34-28-27(18-22-5-2-1-3-6-22)31-21-30(32-28)13-15-33(16-14-30)19-23-9-11-26(12-10-23)37-20-24-7-4-8-25(17-24)29(35)36/h4,7-12,17,22,27,31H,1-3,5-6,13-16,18-21H2,(H,32,34)(H,35,36). The van der Waals surface area contributed by atoms with Crippen molar-refractivity contribution in [1.82, 2.24) is 15.5 Å². The fourth-order valence-electron chi connectivity index (χ4n) is 6.10. The number of hydrogen-bond donors (Lipinski definition) is 3. The van der Waals surface area contributed by atoms with Gasteiger partial charge in [-0.2, -0.15) is 0 Å².